The summed E-state index contributed by atoms with van der Waals surface area (Å²) >= 11 is 0. The first-order chi connectivity index (χ1) is 12.5. The van der Waals surface area contributed by atoms with Crippen LogP contribution in [0, 0.1) is 0 Å². The van der Waals surface area contributed by atoms with Crippen molar-refractivity contribution < 1.29 is 0 Å². The van der Waals surface area contributed by atoms with E-state index in [0.717, 1.165) is 18.6 Å². The van der Waals surface area contributed by atoms with Crippen molar-refractivity contribution in [2.45, 2.75) is 26.4 Å². The molecule has 0 aliphatic carbocycles. The van der Waals surface area contributed by atoms with E-state index in [1.807, 2.05) is 32.3 Å². The molecule has 0 radical (unpaired) electrons. The molecule has 0 saturated carbocycles. The van der Waals surface area contributed by atoms with Gasteiger partial charge in [0.15, 0.2) is 0 Å². The number of para-hydroxylation sites is 1. The lowest BCUT2D eigenvalue weighted by Crippen LogP contribution is -2.29. The maximum atomic E-state index is 12.4. The van der Waals surface area contributed by atoms with E-state index in [9.17, 15) is 4.79 Å². The Hall–Kier alpha value is -2.66. The van der Waals surface area contributed by atoms with Crippen molar-refractivity contribution in [3.8, 4) is 0 Å². The van der Waals surface area contributed by atoms with Crippen LogP contribution in [-0.2, 0) is 6.54 Å². The van der Waals surface area contributed by atoms with Gasteiger partial charge in [-0.15, -0.1) is 0 Å². The summed E-state index contributed by atoms with van der Waals surface area (Å²) in [5.41, 5.74) is 3.09. The van der Waals surface area contributed by atoms with Crippen LogP contribution in [0.2, 0.25) is 0 Å². The first kappa shape index (κ1) is 18.1. The summed E-state index contributed by atoms with van der Waals surface area (Å²) in [5, 5.41) is 0.630. The lowest BCUT2D eigenvalue weighted by atomic mass is 10.1. The molecule has 1 N–H and O–H groups in total. The molecule has 0 aliphatic heterocycles. The normalized spacial score (nSPS) is 12.5. The van der Waals surface area contributed by atoms with Gasteiger partial charge in [0.25, 0.3) is 5.56 Å². The van der Waals surface area contributed by atoms with Crippen LogP contribution in [0.15, 0.2) is 53.3 Å². The van der Waals surface area contributed by atoms with Gasteiger partial charge in [0.1, 0.15) is 5.82 Å². The first-order valence-corrected chi connectivity index (χ1v) is 8.99. The smallest absolute Gasteiger partial charge is 0.258 e. The molecule has 2 aromatic carbocycles. The summed E-state index contributed by atoms with van der Waals surface area (Å²) in [6.07, 6.45) is 0. The van der Waals surface area contributed by atoms with Crippen molar-refractivity contribution in [1.82, 2.24) is 14.9 Å². The topological polar surface area (TPSA) is 52.2 Å². The number of hydrogen-bond acceptors (Lipinski definition) is 4. The standard InChI is InChI=1S/C21H26N4O/c1-5-25(14-16-10-12-17(13-11-16)24(3)4)15(2)20-22-19-9-7-6-8-18(19)21(26)23-20/h6-13,15H,5,14H2,1-4H3,(H,22,23,26)/t15-/m0/s1. The first-order valence-electron chi connectivity index (χ1n) is 8.99. The number of aromatic nitrogens is 2. The lowest BCUT2D eigenvalue weighted by molar-refractivity contribution is 0.205. The van der Waals surface area contributed by atoms with Gasteiger partial charge in [-0.05, 0) is 43.3 Å². The number of nitrogens with one attached hydrogen (secondary N) is 1. The molecule has 3 rings (SSSR count). The zero-order valence-corrected chi connectivity index (χ0v) is 15.9. The summed E-state index contributed by atoms with van der Waals surface area (Å²) in [6.45, 7) is 5.89. The molecule has 3 aromatic rings. The quantitative estimate of drug-likeness (QED) is 0.738. The highest BCUT2D eigenvalue weighted by atomic mass is 16.1. The zero-order valence-electron chi connectivity index (χ0n) is 15.9. The van der Waals surface area contributed by atoms with Gasteiger partial charge in [0.2, 0.25) is 0 Å². The summed E-state index contributed by atoms with van der Waals surface area (Å²) in [6, 6.07) is 16.0. The third kappa shape index (κ3) is 3.78. The average molecular weight is 350 g/mol. The molecule has 1 heterocycles. The van der Waals surface area contributed by atoms with Crippen LogP contribution in [0.5, 0.6) is 0 Å². The van der Waals surface area contributed by atoms with E-state index in [0.29, 0.717) is 11.2 Å². The highest BCUT2D eigenvalue weighted by Crippen LogP contribution is 2.21. The Morgan fingerprint density at radius 2 is 1.77 bits per heavy atom. The van der Waals surface area contributed by atoms with E-state index in [2.05, 4.69) is 57.9 Å². The van der Waals surface area contributed by atoms with Gasteiger partial charge in [-0.1, -0.05) is 31.2 Å². The highest BCUT2D eigenvalue weighted by Gasteiger charge is 2.18. The number of fused-ring (bicyclic) bond motifs is 1. The van der Waals surface area contributed by atoms with Crippen molar-refractivity contribution in [1.29, 1.82) is 0 Å². The fourth-order valence-electron chi connectivity index (χ4n) is 3.13. The Morgan fingerprint density at radius 3 is 2.42 bits per heavy atom. The van der Waals surface area contributed by atoms with Gasteiger partial charge in [-0.3, -0.25) is 9.69 Å². The number of H-pyrrole nitrogens is 1. The SMILES string of the molecule is CCN(Cc1ccc(N(C)C)cc1)[C@@H](C)c1nc2ccccc2c(=O)[nH]1. The molecule has 0 bridgehead atoms. The van der Waals surface area contributed by atoms with E-state index in [1.54, 1.807) is 6.07 Å². The van der Waals surface area contributed by atoms with E-state index in [-0.39, 0.29) is 11.6 Å². The average Bonchev–Trinajstić information content (AvgIpc) is 2.66. The Kier molecular flexibility index (Phi) is 5.38. The number of anilines is 1. The van der Waals surface area contributed by atoms with Gasteiger partial charge < -0.3 is 9.88 Å². The zero-order chi connectivity index (χ0) is 18.7. The fraction of sp³-hybridized carbons (Fsp3) is 0.333. The maximum absolute atomic E-state index is 12.4. The van der Waals surface area contributed by atoms with E-state index in [4.69, 9.17) is 0 Å². The molecule has 26 heavy (non-hydrogen) atoms. The molecule has 136 valence electrons. The molecule has 0 amide bonds. The Morgan fingerprint density at radius 1 is 1.08 bits per heavy atom. The molecule has 5 heteroatoms. The predicted molar refractivity (Wildman–Crippen MR) is 108 cm³/mol. The second-order valence-electron chi connectivity index (χ2n) is 6.77. The minimum Gasteiger partial charge on any atom is -0.378 e. The number of benzene rings is 2. The number of rotatable bonds is 6. The van der Waals surface area contributed by atoms with Crippen LogP contribution in [0.3, 0.4) is 0 Å². The summed E-state index contributed by atoms with van der Waals surface area (Å²) in [5.74, 6) is 0.709. The van der Waals surface area contributed by atoms with Gasteiger partial charge in [-0.25, -0.2) is 4.98 Å². The molecule has 1 aromatic heterocycles. The highest BCUT2D eigenvalue weighted by molar-refractivity contribution is 5.77. The second kappa shape index (κ2) is 7.70. The van der Waals surface area contributed by atoms with Gasteiger partial charge in [-0.2, -0.15) is 0 Å². The van der Waals surface area contributed by atoms with Crippen LogP contribution >= 0.6 is 0 Å². The molecule has 5 nitrogen and oxygen atoms in total. The summed E-state index contributed by atoms with van der Waals surface area (Å²) in [7, 11) is 4.08. The summed E-state index contributed by atoms with van der Waals surface area (Å²) in [4.78, 5) is 24.4. The van der Waals surface area contributed by atoms with Crippen LogP contribution < -0.4 is 10.5 Å². The van der Waals surface area contributed by atoms with Crippen molar-refractivity contribution in [3.63, 3.8) is 0 Å². The summed E-state index contributed by atoms with van der Waals surface area (Å²) < 4.78 is 0. The Bertz CT molecular complexity index is 931. The fourth-order valence-corrected chi connectivity index (χ4v) is 3.13. The van der Waals surface area contributed by atoms with Crippen LogP contribution in [0.25, 0.3) is 10.9 Å². The third-order valence-electron chi connectivity index (χ3n) is 4.82. The maximum Gasteiger partial charge on any atom is 0.258 e. The van der Waals surface area contributed by atoms with Gasteiger partial charge in [0, 0.05) is 26.3 Å². The van der Waals surface area contributed by atoms with Crippen molar-refractivity contribution >= 4 is 16.6 Å². The van der Waals surface area contributed by atoms with Crippen molar-refractivity contribution in [2.75, 3.05) is 25.5 Å². The number of hydrogen-bond donors (Lipinski definition) is 1. The molecule has 1 atom stereocenters. The third-order valence-corrected chi connectivity index (χ3v) is 4.82. The second-order valence-corrected chi connectivity index (χ2v) is 6.77. The van der Waals surface area contributed by atoms with E-state index >= 15 is 0 Å². The largest absolute Gasteiger partial charge is 0.378 e. The minimum absolute atomic E-state index is 0.0193. The van der Waals surface area contributed by atoms with Gasteiger partial charge >= 0.3 is 0 Å². The molecular formula is C21H26N4O. The Balaban J connectivity index is 1.84. The Labute approximate surface area is 154 Å². The lowest BCUT2D eigenvalue weighted by Gasteiger charge is -2.27. The number of aromatic amines is 1. The molecule has 0 unspecified atom stereocenters. The molecule has 0 fully saturated rings. The predicted octanol–water partition coefficient (Wildman–Crippen LogP) is 3.57. The van der Waals surface area contributed by atoms with Crippen molar-refractivity contribution in [3.05, 3.63) is 70.3 Å². The monoisotopic (exact) mass is 350 g/mol. The van der Waals surface area contributed by atoms with Crippen molar-refractivity contribution in [2.24, 2.45) is 0 Å². The minimum atomic E-state index is -0.0798. The van der Waals surface area contributed by atoms with Crippen LogP contribution in [-0.4, -0.2) is 35.5 Å². The van der Waals surface area contributed by atoms with E-state index < -0.39 is 0 Å². The molecule has 0 spiro atoms. The van der Waals surface area contributed by atoms with Gasteiger partial charge in [0.05, 0.1) is 16.9 Å². The molecular weight excluding hydrogens is 324 g/mol. The number of nitrogens with zero attached hydrogens (tertiary/aromatic N) is 3. The van der Waals surface area contributed by atoms with Crippen LogP contribution in [0.1, 0.15) is 31.3 Å². The van der Waals surface area contributed by atoms with Crippen LogP contribution in [0.4, 0.5) is 5.69 Å². The van der Waals surface area contributed by atoms with E-state index in [1.165, 1.54) is 11.3 Å². The molecule has 0 saturated heterocycles. The molecule has 0 aliphatic rings.